The molecular formula is C17H20N2O2S. The summed E-state index contributed by atoms with van der Waals surface area (Å²) in [5.74, 6) is 1.67. The molecule has 0 radical (unpaired) electrons. The molecule has 4 nitrogen and oxygen atoms in total. The molecule has 2 atom stereocenters. The molecule has 1 N–H and O–H groups in total. The van der Waals surface area contributed by atoms with E-state index in [9.17, 15) is 4.79 Å². The van der Waals surface area contributed by atoms with Gasteiger partial charge in [-0.15, -0.1) is 0 Å². The van der Waals surface area contributed by atoms with E-state index in [1.54, 1.807) is 0 Å². The van der Waals surface area contributed by atoms with E-state index in [-0.39, 0.29) is 11.8 Å². The van der Waals surface area contributed by atoms with Gasteiger partial charge in [-0.3, -0.25) is 4.79 Å². The zero-order chi connectivity index (χ0) is 15.7. The maximum absolute atomic E-state index is 12.1. The van der Waals surface area contributed by atoms with Crippen LogP contribution in [0.25, 0.3) is 11.3 Å². The Morgan fingerprint density at radius 3 is 2.68 bits per heavy atom. The lowest BCUT2D eigenvalue weighted by molar-refractivity contribution is -0.117. The summed E-state index contributed by atoms with van der Waals surface area (Å²) in [5, 5.41) is 3.87. The Morgan fingerprint density at radius 1 is 1.41 bits per heavy atom. The van der Waals surface area contributed by atoms with Crippen molar-refractivity contribution in [3.8, 4) is 17.0 Å². The number of benzene rings is 1. The van der Waals surface area contributed by atoms with Gasteiger partial charge in [-0.25, -0.2) is 0 Å². The molecule has 1 aliphatic rings. The van der Waals surface area contributed by atoms with Crippen LogP contribution in [0.3, 0.4) is 0 Å². The van der Waals surface area contributed by atoms with E-state index < -0.39 is 0 Å². The van der Waals surface area contributed by atoms with Crippen LogP contribution in [0.4, 0.5) is 5.00 Å². The van der Waals surface area contributed by atoms with Crippen molar-refractivity contribution in [2.45, 2.75) is 27.2 Å². The molecule has 1 aromatic carbocycles. The van der Waals surface area contributed by atoms with Crippen molar-refractivity contribution < 1.29 is 9.53 Å². The minimum absolute atomic E-state index is 0.123. The molecule has 22 heavy (non-hydrogen) atoms. The van der Waals surface area contributed by atoms with Gasteiger partial charge in [0.15, 0.2) is 0 Å². The number of carbonyl (C=O) groups excluding carboxylic acids is 1. The third kappa shape index (κ3) is 2.99. The van der Waals surface area contributed by atoms with Crippen molar-refractivity contribution in [1.29, 1.82) is 0 Å². The van der Waals surface area contributed by atoms with Crippen molar-refractivity contribution >= 4 is 22.4 Å². The maximum Gasteiger partial charge on any atom is 0.228 e. The first kappa shape index (κ1) is 15.0. The highest BCUT2D eigenvalue weighted by molar-refractivity contribution is 7.10. The summed E-state index contributed by atoms with van der Waals surface area (Å²) in [7, 11) is 0. The summed E-state index contributed by atoms with van der Waals surface area (Å²) in [6.45, 7) is 6.73. The lowest BCUT2D eigenvalue weighted by Crippen LogP contribution is -2.14. The molecule has 1 fully saturated rings. The van der Waals surface area contributed by atoms with Gasteiger partial charge in [-0.2, -0.15) is 4.37 Å². The Bertz CT molecular complexity index is 678. The molecule has 1 amide bonds. The number of anilines is 1. The second kappa shape index (κ2) is 6.08. The molecule has 0 saturated heterocycles. The average molecular weight is 316 g/mol. The molecular weight excluding hydrogens is 296 g/mol. The van der Waals surface area contributed by atoms with Gasteiger partial charge < -0.3 is 10.1 Å². The predicted octanol–water partition coefficient (Wildman–Crippen LogP) is 4.11. The Balaban J connectivity index is 1.76. The second-order valence-electron chi connectivity index (χ2n) is 5.75. The van der Waals surface area contributed by atoms with E-state index >= 15 is 0 Å². The number of carbonyl (C=O) groups is 1. The number of ether oxygens (including phenoxy) is 1. The second-order valence-corrected chi connectivity index (χ2v) is 6.52. The SMILES string of the molecule is CCOc1ccc(-c2nsc(NC(=O)C3CC3C)c2C)cc1. The van der Waals surface area contributed by atoms with E-state index in [2.05, 4.69) is 16.6 Å². The van der Waals surface area contributed by atoms with Gasteiger partial charge in [0, 0.05) is 17.0 Å². The van der Waals surface area contributed by atoms with Crippen LogP contribution in [-0.4, -0.2) is 16.9 Å². The number of nitrogens with one attached hydrogen (secondary N) is 1. The molecule has 1 aromatic heterocycles. The first-order chi connectivity index (χ1) is 10.6. The van der Waals surface area contributed by atoms with Crippen LogP contribution in [0, 0.1) is 18.8 Å². The van der Waals surface area contributed by atoms with Crippen LogP contribution in [0.5, 0.6) is 5.75 Å². The highest BCUT2D eigenvalue weighted by atomic mass is 32.1. The average Bonchev–Trinajstić information content (AvgIpc) is 3.14. The fourth-order valence-corrected chi connectivity index (χ4v) is 3.29. The summed E-state index contributed by atoms with van der Waals surface area (Å²) >= 11 is 1.35. The van der Waals surface area contributed by atoms with Crippen molar-refractivity contribution in [3.63, 3.8) is 0 Å². The molecule has 5 heteroatoms. The van der Waals surface area contributed by atoms with E-state index in [0.717, 1.165) is 34.0 Å². The predicted molar refractivity (Wildman–Crippen MR) is 89.4 cm³/mol. The number of aromatic nitrogens is 1. The molecule has 0 spiro atoms. The molecule has 3 rings (SSSR count). The van der Waals surface area contributed by atoms with E-state index in [1.165, 1.54) is 11.5 Å². The molecule has 1 saturated carbocycles. The number of rotatable bonds is 5. The highest BCUT2D eigenvalue weighted by Crippen LogP contribution is 2.40. The van der Waals surface area contributed by atoms with Gasteiger partial charge in [0.05, 0.1) is 12.3 Å². The summed E-state index contributed by atoms with van der Waals surface area (Å²) in [5.41, 5.74) is 2.99. The van der Waals surface area contributed by atoms with Gasteiger partial charge in [0.2, 0.25) is 5.91 Å². The first-order valence-corrected chi connectivity index (χ1v) is 8.37. The van der Waals surface area contributed by atoms with E-state index in [1.807, 2.05) is 38.1 Å². The number of nitrogens with zero attached hydrogens (tertiary/aromatic N) is 1. The van der Waals surface area contributed by atoms with E-state index in [0.29, 0.717) is 12.5 Å². The lowest BCUT2D eigenvalue weighted by atomic mass is 10.1. The molecule has 1 aliphatic carbocycles. The van der Waals surface area contributed by atoms with Crippen LogP contribution in [0.15, 0.2) is 24.3 Å². The van der Waals surface area contributed by atoms with Crippen LogP contribution in [0.2, 0.25) is 0 Å². The Hall–Kier alpha value is -1.88. The fraction of sp³-hybridized carbons (Fsp3) is 0.412. The minimum atomic E-state index is 0.123. The van der Waals surface area contributed by atoms with Gasteiger partial charge in [0.1, 0.15) is 10.8 Å². The zero-order valence-corrected chi connectivity index (χ0v) is 13.9. The summed E-state index contributed by atoms with van der Waals surface area (Å²) in [4.78, 5) is 12.1. The van der Waals surface area contributed by atoms with Gasteiger partial charge in [-0.1, -0.05) is 6.92 Å². The van der Waals surface area contributed by atoms with Crippen molar-refractivity contribution in [2.75, 3.05) is 11.9 Å². The quantitative estimate of drug-likeness (QED) is 0.903. The van der Waals surface area contributed by atoms with Crippen LogP contribution >= 0.6 is 11.5 Å². The highest BCUT2D eigenvalue weighted by Gasteiger charge is 2.39. The van der Waals surface area contributed by atoms with E-state index in [4.69, 9.17) is 4.74 Å². The zero-order valence-electron chi connectivity index (χ0n) is 13.1. The first-order valence-electron chi connectivity index (χ1n) is 7.60. The van der Waals surface area contributed by atoms with Crippen LogP contribution in [-0.2, 0) is 4.79 Å². The Kier molecular flexibility index (Phi) is 4.16. The molecule has 2 aromatic rings. The van der Waals surface area contributed by atoms with Crippen LogP contribution in [0.1, 0.15) is 25.8 Å². The summed E-state index contributed by atoms with van der Waals surface area (Å²) in [6, 6.07) is 7.90. The van der Waals surface area contributed by atoms with Crippen molar-refractivity contribution in [3.05, 3.63) is 29.8 Å². The smallest absolute Gasteiger partial charge is 0.228 e. The molecule has 0 aliphatic heterocycles. The standard InChI is InChI=1S/C17H20N2O2S/c1-4-21-13-7-5-12(6-8-13)15-11(3)17(22-19-15)18-16(20)14-9-10(14)2/h5-8,10,14H,4,9H2,1-3H3,(H,18,20). The topological polar surface area (TPSA) is 51.2 Å². The fourth-order valence-electron chi connectivity index (χ4n) is 2.49. The summed E-state index contributed by atoms with van der Waals surface area (Å²) in [6.07, 6.45) is 0.995. The summed E-state index contributed by atoms with van der Waals surface area (Å²) < 4.78 is 9.95. The van der Waals surface area contributed by atoms with Gasteiger partial charge in [-0.05, 0) is 62.0 Å². The molecule has 116 valence electrons. The normalized spacial score (nSPS) is 19.8. The largest absolute Gasteiger partial charge is 0.494 e. The number of hydrogen-bond acceptors (Lipinski definition) is 4. The third-order valence-corrected chi connectivity index (χ3v) is 4.91. The monoisotopic (exact) mass is 316 g/mol. The number of amides is 1. The molecule has 2 unspecified atom stereocenters. The third-order valence-electron chi connectivity index (χ3n) is 4.05. The maximum atomic E-state index is 12.1. The van der Waals surface area contributed by atoms with Crippen molar-refractivity contribution in [1.82, 2.24) is 4.37 Å². The van der Waals surface area contributed by atoms with Crippen molar-refractivity contribution in [2.24, 2.45) is 11.8 Å². The molecule has 0 bridgehead atoms. The Morgan fingerprint density at radius 2 is 2.09 bits per heavy atom. The molecule has 1 heterocycles. The van der Waals surface area contributed by atoms with Gasteiger partial charge in [0.25, 0.3) is 0 Å². The Labute approximate surface area is 134 Å². The number of hydrogen-bond donors (Lipinski definition) is 1. The van der Waals surface area contributed by atoms with Gasteiger partial charge >= 0.3 is 0 Å². The van der Waals surface area contributed by atoms with Crippen LogP contribution < -0.4 is 10.1 Å². The lowest BCUT2D eigenvalue weighted by Gasteiger charge is -2.05. The minimum Gasteiger partial charge on any atom is -0.494 e.